The zero-order chi connectivity index (χ0) is 23.3. The molecule has 1 heterocycles. The summed E-state index contributed by atoms with van der Waals surface area (Å²) in [7, 11) is -3.69. The number of unbranched alkanes of at least 4 members (excludes halogenated alkanes) is 1. The van der Waals surface area contributed by atoms with E-state index in [0.29, 0.717) is 23.4 Å². The van der Waals surface area contributed by atoms with E-state index in [1.54, 1.807) is 48.5 Å². The minimum atomic E-state index is -3.69. The summed E-state index contributed by atoms with van der Waals surface area (Å²) in [6, 6.07) is 25.4. The highest BCUT2D eigenvalue weighted by atomic mass is 32.2. The molecule has 0 aliphatic carbocycles. The highest BCUT2D eigenvalue weighted by Crippen LogP contribution is 2.37. The molecule has 1 fully saturated rings. The second-order valence-corrected chi connectivity index (χ2v) is 10.1. The Kier molecular flexibility index (Phi) is 6.89. The SMILES string of the molecule is O=C(NCCCCc1ccccc1)c1ccc(C2N(c3ccccc3)C(=O)CS2(=O)=O)cc1. The van der Waals surface area contributed by atoms with E-state index < -0.39 is 26.9 Å². The maximum atomic E-state index is 12.7. The van der Waals surface area contributed by atoms with Gasteiger partial charge in [0.05, 0.1) is 0 Å². The summed E-state index contributed by atoms with van der Waals surface area (Å²) >= 11 is 0. The van der Waals surface area contributed by atoms with Crippen LogP contribution in [0.5, 0.6) is 0 Å². The van der Waals surface area contributed by atoms with Crippen molar-refractivity contribution in [2.45, 2.75) is 24.6 Å². The van der Waals surface area contributed by atoms with Crippen LogP contribution in [0, 0.1) is 0 Å². The van der Waals surface area contributed by atoms with Crippen LogP contribution in [0.2, 0.25) is 0 Å². The van der Waals surface area contributed by atoms with Crippen molar-refractivity contribution >= 4 is 27.3 Å². The Hall–Kier alpha value is -3.45. The van der Waals surface area contributed by atoms with Crippen molar-refractivity contribution in [3.8, 4) is 0 Å². The summed E-state index contributed by atoms with van der Waals surface area (Å²) in [6.07, 6.45) is 2.82. The van der Waals surface area contributed by atoms with Crippen LogP contribution < -0.4 is 10.2 Å². The van der Waals surface area contributed by atoms with Gasteiger partial charge in [0, 0.05) is 17.8 Å². The molecule has 0 radical (unpaired) electrons. The van der Waals surface area contributed by atoms with Crippen molar-refractivity contribution in [1.29, 1.82) is 0 Å². The first kappa shape index (κ1) is 22.7. The van der Waals surface area contributed by atoms with Crippen molar-refractivity contribution in [2.24, 2.45) is 0 Å². The number of benzene rings is 3. The number of nitrogens with one attached hydrogen (secondary N) is 1. The fraction of sp³-hybridized carbons (Fsp3) is 0.231. The largest absolute Gasteiger partial charge is 0.352 e. The van der Waals surface area contributed by atoms with Crippen LogP contribution in [0.4, 0.5) is 5.69 Å². The van der Waals surface area contributed by atoms with Gasteiger partial charge in [-0.05, 0) is 54.7 Å². The van der Waals surface area contributed by atoms with E-state index >= 15 is 0 Å². The van der Waals surface area contributed by atoms with E-state index in [1.165, 1.54) is 10.5 Å². The monoisotopic (exact) mass is 462 g/mol. The number of amides is 2. The lowest BCUT2D eigenvalue weighted by Gasteiger charge is -2.24. The first-order valence-electron chi connectivity index (χ1n) is 11.0. The van der Waals surface area contributed by atoms with Crippen LogP contribution in [0.3, 0.4) is 0 Å². The van der Waals surface area contributed by atoms with Crippen LogP contribution in [0.15, 0.2) is 84.9 Å². The molecule has 3 aromatic rings. The molecule has 1 aliphatic heterocycles. The van der Waals surface area contributed by atoms with Gasteiger partial charge in [-0.15, -0.1) is 0 Å². The van der Waals surface area contributed by atoms with E-state index in [1.807, 2.05) is 24.3 Å². The van der Waals surface area contributed by atoms with Crippen LogP contribution in [-0.2, 0) is 21.1 Å². The number of nitrogens with zero attached hydrogens (tertiary/aromatic N) is 1. The number of carbonyl (C=O) groups is 2. The lowest BCUT2D eigenvalue weighted by molar-refractivity contribution is -0.115. The Morgan fingerprint density at radius 1 is 0.879 bits per heavy atom. The van der Waals surface area contributed by atoms with Gasteiger partial charge in [0.1, 0.15) is 5.75 Å². The van der Waals surface area contributed by atoms with Crippen LogP contribution in [0.1, 0.15) is 39.7 Å². The van der Waals surface area contributed by atoms with Gasteiger partial charge in [0.2, 0.25) is 5.91 Å². The number of sulfone groups is 1. The summed E-state index contributed by atoms with van der Waals surface area (Å²) in [5, 5.41) is 1.82. The molecule has 1 saturated heterocycles. The molecule has 33 heavy (non-hydrogen) atoms. The summed E-state index contributed by atoms with van der Waals surface area (Å²) in [5.41, 5.74) is 2.73. The smallest absolute Gasteiger partial charge is 0.251 e. The number of rotatable bonds is 8. The molecule has 0 aromatic heterocycles. The Labute approximate surface area is 194 Å². The maximum absolute atomic E-state index is 12.7. The average Bonchev–Trinajstić information content (AvgIpc) is 3.08. The summed E-state index contributed by atoms with van der Waals surface area (Å²) < 4.78 is 25.5. The van der Waals surface area contributed by atoms with Gasteiger partial charge < -0.3 is 5.32 Å². The number of aryl methyl sites for hydroxylation is 1. The summed E-state index contributed by atoms with van der Waals surface area (Å²) in [5.74, 6) is -1.19. The molecule has 1 N–H and O–H groups in total. The minimum absolute atomic E-state index is 0.202. The van der Waals surface area contributed by atoms with Crippen molar-refractivity contribution < 1.29 is 18.0 Å². The second-order valence-electron chi connectivity index (χ2n) is 8.08. The topological polar surface area (TPSA) is 83.6 Å². The fourth-order valence-electron chi connectivity index (χ4n) is 4.04. The maximum Gasteiger partial charge on any atom is 0.251 e. The van der Waals surface area contributed by atoms with Gasteiger partial charge >= 0.3 is 0 Å². The standard InChI is InChI=1S/C26H26N2O4S/c29-24-19-33(31,32)26(28(24)23-12-5-2-6-13-23)22-16-14-21(15-17-22)25(30)27-18-8-7-11-20-9-3-1-4-10-20/h1-6,9-10,12-17,26H,7-8,11,18-19H2,(H,27,30). The number of anilines is 1. The first-order valence-corrected chi connectivity index (χ1v) is 12.7. The third-order valence-corrected chi connectivity index (χ3v) is 7.49. The number of para-hydroxylation sites is 1. The van der Waals surface area contributed by atoms with Gasteiger partial charge in [-0.3, -0.25) is 14.5 Å². The summed E-state index contributed by atoms with van der Waals surface area (Å²) in [4.78, 5) is 26.3. The predicted octanol–water partition coefficient (Wildman–Crippen LogP) is 3.90. The zero-order valence-electron chi connectivity index (χ0n) is 18.2. The van der Waals surface area contributed by atoms with E-state index in [9.17, 15) is 18.0 Å². The number of hydrogen-bond donors (Lipinski definition) is 1. The Balaban J connectivity index is 1.38. The van der Waals surface area contributed by atoms with Crippen molar-refractivity contribution in [3.05, 3.63) is 102 Å². The van der Waals surface area contributed by atoms with E-state index in [2.05, 4.69) is 17.4 Å². The van der Waals surface area contributed by atoms with Gasteiger partial charge in [-0.25, -0.2) is 8.42 Å². The van der Waals surface area contributed by atoms with E-state index in [4.69, 9.17) is 0 Å². The number of carbonyl (C=O) groups excluding carboxylic acids is 2. The molecule has 1 aliphatic rings. The highest BCUT2D eigenvalue weighted by molar-refractivity contribution is 7.93. The van der Waals surface area contributed by atoms with E-state index in [-0.39, 0.29) is 5.91 Å². The molecule has 2 amide bonds. The normalized spacial score (nSPS) is 17.2. The van der Waals surface area contributed by atoms with Gasteiger partial charge in [-0.1, -0.05) is 60.7 Å². The first-order chi connectivity index (χ1) is 16.0. The molecular formula is C26H26N2O4S. The van der Waals surface area contributed by atoms with Crippen molar-refractivity contribution in [2.75, 3.05) is 17.2 Å². The molecule has 1 unspecified atom stereocenters. The van der Waals surface area contributed by atoms with Crippen LogP contribution in [-0.4, -0.2) is 32.5 Å². The third-order valence-electron chi connectivity index (χ3n) is 5.68. The quantitative estimate of drug-likeness (QED) is 0.515. The predicted molar refractivity (Wildman–Crippen MR) is 129 cm³/mol. The second kappa shape index (κ2) is 10.0. The molecule has 3 aromatic carbocycles. The Bertz CT molecular complexity index is 1210. The third kappa shape index (κ3) is 5.31. The molecule has 7 heteroatoms. The lowest BCUT2D eigenvalue weighted by Crippen LogP contribution is -2.29. The average molecular weight is 463 g/mol. The molecule has 4 rings (SSSR count). The van der Waals surface area contributed by atoms with Crippen molar-refractivity contribution in [3.63, 3.8) is 0 Å². The molecule has 0 saturated carbocycles. The fourth-order valence-corrected chi connectivity index (χ4v) is 5.81. The molecule has 6 nitrogen and oxygen atoms in total. The molecule has 1 atom stereocenters. The van der Waals surface area contributed by atoms with E-state index in [0.717, 1.165) is 19.3 Å². The van der Waals surface area contributed by atoms with Crippen LogP contribution >= 0.6 is 0 Å². The Morgan fingerprint density at radius 2 is 1.52 bits per heavy atom. The highest BCUT2D eigenvalue weighted by Gasteiger charge is 2.45. The summed E-state index contributed by atoms with van der Waals surface area (Å²) in [6.45, 7) is 0.570. The zero-order valence-corrected chi connectivity index (χ0v) is 19.0. The molecule has 0 bridgehead atoms. The van der Waals surface area contributed by atoms with Crippen LogP contribution in [0.25, 0.3) is 0 Å². The van der Waals surface area contributed by atoms with Gasteiger partial charge in [-0.2, -0.15) is 0 Å². The van der Waals surface area contributed by atoms with Gasteiger partial charge in [0.25, 0.3) is 5.91 Å². The number of hydrogen-bond acceptors (Lipinski definition) is 4. The van der Waals surface area contributed by atoms with Gasteiger partial charge in [0.15, 0.2) is 15.2 Å². The molecule has 0 spiro atoms. The Morgan fingerprint density at radius 3 is 2.18 bits per heavy atom. The van der Waals surface area contributed by atoms with Crippen molar-refractivity contribution in [1.82, 2.24) is 5.32 Å². The minimum Gasteiger partial charge on any atom is -0.352 e. The lowest BCUT2D eigenvalue weighted by atomic mass is 10.1. The molecule has 170 valence electrons. The molecular weight excluding hydrogens is 436 g/mol.